The van der Waals surface area contributed by atoms with Gasteiger partial charge >= 0.3 is 53.3 Å². The van der Waals surface area contributed by atoms with Crippen molar-refractivity contribution in [3.05, 3.63) is 240 Å². The molecule has 0 bridgehead atoms. The average Bonchev–Trinajstić information content (AvgIpc) is 1.54. The number of rotatable bonds is 15. The molecule has 4 aromatic carbocycles. The molecule has 0 radical (unpaired) electrons. The lowest BCUT2D eigenvalue weighted by molar-refractivity contribution is -0.254. The van der Waals surface area contributed by atoms with Crippen LogP contribution in [0.2, 0.25) is 0 Å². The van der Waals surface area contributed by atoms with Crippen LogP contribution >= 0.6 is 68.0 Å². The minimum atomic E-state index is -5.87. The standard InChI is InChI=1S/C75H48F18S6/c1-37-52(61-64(70(82,83)73(88,89)67(61,76)77)55-34-58(97-40(55)4)46-16-10-7-11-17-46)31-49(94-37)25-22-43-28-44(23-26-50-32-53(38(2)95-50)62-65(71(84,85)74(90,91)68(62,78)79)56-35-59(98-41(56)5)47-18-12-8-13-19-47)30-45(29-43)24-27-51-33-54(39(3)96-51)63-66(72(86,87)75(92,93)69(63,80)81)57-36-60(99-42(57)6)48-20-14-9-15-21-48/h7-36H,1-6H3/b25-22+,26-23+,27-24+. The van der Waals surface area contributed by atoms with Crippen LogP contribution < -0.4 is 0 Å². The second-order valence-corrected chi connectivity index (χ2v) is 31.7. The molecule has 13 rings (SSSR count). The third-order valence-corrected chi connectivity index (χ3v) is 24.0. The van der Waals surface area contributed by atoms with E-state index in [9.17, 15) is 0 Å². The molecule has 10 aromatic rings. The predicted octanol–water partition coefficient (Wildman–Crippen LogP) is 26.9. The summed E-state index contributed by atoms with van der Waals surface area (Å²) < 4.78 is 289. The molecule has 0 atom stereocenters. The van der Waals surface area contributed by atoms with Crippen LogP contribution in [0.3, 0.4) is 0 Å². The summed E-state index contributed by atoms with van der Waals surface area (Å²) >= 11 is 5.29. The molecule has 0 amide bonds. The predicted molar refractivity (Wildman–Crippen MR) is 369 cm³/mol. The zero-order chi connectivity index (χ0) is 71.3. The molecule has 0 unspecified atom stereocenters. The number of benzene rings is 4. The maximum atomic E-state index is 16.3. The average molecular weight is 1480 g/mol. The van der Waals surface area contributed by atoms with Crippen LogP contribution in [0.5, 0.6) is 0 Å². The van der Waals surface area contributed by atoms with Crippen LogP contribution in [-0.2, 0) is 0 Å². The first-order chi connectivity index (χ1) is 46.3. The normalized spacial score (nSPS) is 19.4. The van der Waals surface area contributed by atoms with Crippen LogP contribution in [0.4, 0.5) is 79.0 Å². The quantitative estimate of drug-likeness (QED) is 0.0898. The number of halogens is 18. The van der Waals surface area contributed by atoms with Crippen molar-refractivity contribution in [1.82, 2.24) is 0 Å². The van der Waals surface area contributed by atoms with Gasteiger partial charge < -0.3 is 0 Å². The Labute approximate surface area is 578 Å². The molecule has 510 valence electrons. The molecule has 0 saturated heterocycles. The van der Waals surface area contributed by atoms with Gasteiger partial charge in [0.05, 0.1) is 0 Å². The van der Waals surface area contributed by atoms with Gasteiger partial charge in [-0.25, -0.2) is 0 Å². The molecule has 0 saturated carbocycles. The second kappa shape index (κ2) is 24.2. The highest BCUT2D eigenvalue weighted by Crippen LogP contribution is 2.69. The minimum Gasteiger partial charge on any atom is -0.194 e. The summed E-state index contributed by atoms with van der Waals surface area (Å²) in [4.78, 5) is 1.51. The second-order valence-electron chi connectivity index (χ2n) is 24.0. The van der Waals surface area contributed by atoms with Gasteiger partial charge in [0.1, 0.15) is 0 Å². The van der Waals surface area contributed by atoms with Crippen molar-refractivity contribution >= 4 is 138 Å². The topological polar surface area (TPSA) is 0 Å². The molecule has 0 fully saturated rings. The van der Waals surface area contributed by atoms with Gasteiger partial charge in [0.15, 0.2) is 0 Å². The van der Waals surface area contributed by atoms with Gasteiger partial charge in [-0.05, 0) is 181 Å². The highest BCUT2D eigenvalue weighted by atomic mass is 32.1. The van der Waals surface area contributed by atoms with Gasteiger partial charge in [-0.15, -0.1) is 68.0 Å². The van der Waals surface area contributed by atoms with Crippen molar-refractivity contribution in [2.45, 2.75) is 94.8 Å². The van der Waals surface area contributed by atoms with Crippen LogP contribution in [0.25, 0.3) is 101 Å². The Morgan fingerprint density at radius 1 is 0.232 bits per heavy atom. The van der Waals surface area contributed by atoms with E-state index in [4.69, 9.17) is 0 Å². The summed E-state index contributed by atoms with van der Waals surface area (Å²) in [5.41, 5.74) is -10.2. The monoisotopic (exact) mass is 1480 g/mol. The first kappa shape index (κ1) is 69.7. The third kappa shape index (κ3) is 11.0. The van der Waals surface area contributed by atoms with E-state index in [-0.39, 0.29) is 60.6 Å². The molecular weight excluding hydrogens is 1440 g/mol. The van der Waals surface area contributed by atoms with E-state index in [0.29, 0.717) is 31.3 Å². The van der Waals surface area contributed by atoms with Gasteiger partial charge in [0.2, 0.25) is 0 Å². The highest BCUT2D eigenvalue weighted by Gasteiger charge is 2.83. The smallest absolute Gasteiger partial charge is 0.194 e. The molecule has 0 N–H and O–H groups in total. The molecule has 3 aliphatic rings. The van der Waals surface area contributed by atoms with E-state index >= 15 is 79.0 Å². The first-order valence-electron chi connectivity index (χ1n) is 30.0. The largest absolute Gasteiger partial charge is 0.380 e. The van der Waals surface area contributed by atoms with E-state index < -0.39 is 120 Å². The molecule has 3 aliphatic carbocycles. The van der Waals surface area contributed by atoms with Gasteiger partial charge in [-0.1, -0.05) is 109 Å². The van der Waals surface area contributed by atoms with Gasteiger partial charge in [-0.3, -0.25) is 0 Å². The van der Waals surface area contributed by atoms with E-state index in [1.807, 2.05) is 0 Å². The SMILES string of the molecule is Cc1sc(/C=C/c2cc(/C=C/c3cc(C4=C(c5cc(-c6ccccc6)sc5C)C(F)(F)C(F)(F)C4(F)F)c(C)s3)cc(/C=C/c3cc(C4=C(c5cc(-c6ccccc6)sc5C)C(F)(F)C(F)(F)C4(F)F)c(C)s3)c2)cc1C1=C(c2cc(-c3ccccc3)sc2C)C(F)(F)C(F)(F)C1(F)F. The Kier molecular flexibility index (Phi) is 17.1. The van der Waals surface area contributed by atoms with Crippen LogP contribution in [-0.4, -0.2) is 53.3 Å². The van der Waals surface area contributed by atoms with Crippen molar-refractivity contribution in [2.24, 2.45) is 0 Å². The fourth-order valence-electron chi connectivity index (χ4n) is 12.8. The van der Waals surface area contributed by atoms with Crippen molar-refractivity contribution in [1.29, 1.82) is 0 Å². The number of aryl methyl sites for hydroxylation is 6. The maximum Gasteiger partial charge on any atom is 0.380 e. The summed E-state index contributed by atoms with van der Waals surface area (Å²) in [5.74, 6) is -49.9. The van der Waals surface area contributed by atoms with Gasteiger partial charge in [0, 0.05) is 92.0 Å². The summed E-state index contributed by atoms with van der Waals surface area (Å²) in [6.07, 6.45) is 8.43. The van der Waals surface area contributed by atoms with E-state index in [1.165, 1.54) is 114 Å². The molecule has 99 heavy (non-hydrogen) atoms. The summed E-state index contributed by atoms with van der Waals surface area (Å²) in [7, 11) is 0. The Hall–Kier alpha value is -7.74. The summed E-state index contributed by atoms with van der Waals surface area (Å²) in [5, 5.41) is 0. The zero-order valence-electron chi connectivity index (χ0n) is 52.1. The lowest BCUT2D eigenvalue weighted by atomic mass is 9.94. The van der Waals surface area contributed by atoms with Crippen molar-refractivity contribution in [3.8, 4) is 31.3 Å². The van der Waals surface area contributed by atoms with Crippen molar-refractivity contribution in [3.63, 3.8) is 0 Å². The lowest BCUT2D eigenvalue weighted by Crippen LogP contribution is -2.48. The molecular formula is C75H48F18S6. The Morgan fingerprint density at radius 2 is 0.424 bits per heavy atom. The maximum absolute atomic E-state index is 16.3. The van der Waals surface area contributed by atoms with Crippen LogP contribution in [0.15, 0.2) is 146 Å². The fourth-order valence-corrected chi connectivity index (χ4v) is 18.7. The minimum absolute atomic E-state index is 0.0378. The molecule has 24 heteroatoms. The summed E-state index contributed by atoms with van der Waals surface area (Å²) in [6.45, 7) is 7.98. The van der Waals surface area contributed by atoms with Gasteiger partial charge in [-0.2, -0.15) is 79.0 Å². The summed E-state index contributed by atoms with van der Waals surface area (Å²) in [6, 6.07) is 36.2. The Morgan fingerprint density at radius 3 is 0.636 bits per heavy atom. The molecule has 6 aromatic heterocycles. The number of thiophene rings is 6. The molecule has 0 nitrogen and oxygen atoms in total. The van der Waals surface area contributed by atoms with E-state index in [2.05, 4.69) is 0 Å². The number of hydrogen-bond donors (Lipinski definition) is 0. The highest BCUT2D eigenvalue weighted by molar-refractivity contribution is 7.16. The molecule has 0 spiro atoms. The number of allylic oxidation sites excluding steroid dienone is 6. The zero-order valence-corrected chi connectivity index (χ0v) is 57.0. The first-order valence-corrected chi connectivity index (χ1v) is 34.9. The molecule has 6 heterocycles. The third-order valence-electron chi connectivity index (χ3n) is 17.7. The van der Waals surface area contributed by atoms with Crippen molar-refractivity contribution < 1.29 is 79.0 Å². The van der Waals surface area contributed by atoms with Crippen molar-refractivity contribution in [2.75, 3.05) is 0 Å². The van der Waals surface area contributed by atoms with Gasteiger partial charge in [0.25, 0.3) is 0 Å². The Balaban J connectivity index is 0.908. The van der Waals surface area contributed by atoms with E-state index in [0.717, 1.165) is 86.2 Å². The molecule has 0 aliphatic heterocycles. The van der Waals surface area contributed by atoms with Crippen LogP contribution in [0, 0.1) is 41.5 Å². The fraction of sp³-hybridized carbons (Fsp3) is 0.200. The van der Waals surface area contributed by atoms with Crippen LogP contribution in [0.1, 0.15) is 94.0 Å². The number of hydrogen-bond acceptors (Lipinski definition) is 6. The number of alkyl halides is 18. The Bertz CT molecular complexity index is 4560. The van der Waals surface area contributed by atoms with E-state index in [1.54, 1.807) is 91.0 Å². The lowest BCUT2D eigenvalue weighted by Gasteiger charge is -2.25.